The first kappa shape index (κ1) is 12.0. The molecule has 0 saturated carbocycles. The van der Waals surface area contributed by atoms with Gasteiger partial charge in [0.1, 0.15) is 0 Å². The van der Waals surface area contributed by atoms with E-state index in [-0.39, 0.29) is 0 Å². The molecule has 1 aromatic heterocycles. The van der Waals surface area contributed by atoms with E-state index in [1.165, 1.54) is 0 Å². The number of nitrogens with two attached hydrogens (primary N) is 1. The zero-order chi connectivity index (χ0) is 13.9. The lowest BCUT2D eigenvalue weighted by Crippen LogP contribution is -1.93. The number of nitriles is 1. The maximum Gasteiger partial charge on any atom is 0.0991 e. The van der Waals surface area contributed by atoms with Crippen molar-refractivity contribution in [3.8, 4) is 6.07 Å². The fourth-order valence-electron chi connectivity index (χ4n) is 2.06. The van der Waals surface area contributed by atoms with Gasteiger partial charge in [0.15, 0.2) is 0 Å². The molecule has 0 fully saturated rings. The molecule has 0 bridgehead atoms. The van der Waals surface area contributed by atoms with Crippen LogP contribution >= 0.6 is 0 Å². The lowest BCUT2D eigenvalue weighted by molar-refractivity contribution is 1.40. The molecule has 0 amide bonds. The summed E-state index contributed by atoms with van der Waals surface area (Å²) in [5.41, 5.74) is 9.84. The molecule has 0 radical (unpaired) electrons. The van der Waals surface area contributed by atoms with E-state index in [1.54, 1.807) is 18.3 Å². The minimum Gasteiger partial charge on any atom is -0.399 e. The number of aromatic nitrogens is 1. The molecule has 3 aromatic rings. The Kier molecular flexibility index (Phi) is 2.94. The number of rotatable bonds is 2. The van der Waals surface area contributed by atoms with Crippen LogP contribution in [0.4, 0.5) is 17.1 Å². The van der Waals surface area contributed by atoms with Crippen molar-refractivity contribution in [3.05, 3.63) is 60.3 Å². The Morgan fingerprint density at radius 1 is 1.05 bits per heavy atom. The Morgan fingerprint density at radius 3 is 2.60 bits per heavy atom. The molecule has 96 valence electrons. The number of nitrogen functional groups attached to an aromatic ring is 1. The number of anilines is 3. The number of nitrogens with zero attached hydrogens (tertiary/aromatic N) is 2. The highest BCUT2D eigenvalue weighted by molar-refractivity contribution is 5.94. The number of nitrogens with one attached hydrogen (secondary N) is 1. The quantitative estimate of drug-likeness (QED) is 0.692. The van der Waals surface area contributed by atoms with Gasteiger partial charge in [0, 0.05) is 28.6 Å². The topological polar surface area (TPSA) is 74.7 Å². The summed E-state index contributed by atoms with van der Waals surface area (Å²) in [6.07, 6.45) is 1.74. The molecule has 2 aromatic carbocycles. The van der Waals surface area contributed by atoms with Crippen molar-refractivity contribution in [1.29, 1.82) is 5.26 Å². The molecular formula is C16H12N4. The van der Waals surface area contributed by atoms with Crippen molar-refractivity contribution < 1.29 is 0 Å². The third-order valence-electron chi connectivity index (χ3n) is 3.06. The lowest BCUT2D eigenvalue weighted by Gasteiger charge is -2.09. The Balaban J connectivity index is 2.00. The van der Waals surface area contributed by atoms with Crippen LogP contribution in [0.2, 0.25) is 0 Å². The first-order chi connectivity index (χ1) is 9.76. The first-order valence-corrected chi connectivity index (χ1v) is 6.18. The van der Waals surface area contributed by atoms with E-state index in [0.717, 1.165) is 22.3 Å². The first-order valence-electron chi connectivity index (χ1n) is 6.18. The van der Waals surface area contributed by atoms with Crippen molar-refractivity contribution in [1.82, 2.24) is 4.98 Å². The van der Waals surface area contributed by atoms with Crippen LogP contribution in [-0.4, -0.2) is 4.98 Å². The molecule has 0 aliphatic rings. The molecule has 0 aliphatic heterocycles. The largest absolute Gasteiger partial charge is 0.399 e. The second kappa shape index (κ2) is 4.90. The number of pyridine rings is 1. The standard InChI is InChI=1S/C16H12N4/c17-10-11-1-4-13(5-2-11)20-15-7-8-19-16-9-12(18)3-6-14(15)16/h1-9H,18H2,(H,19,20). The van der Waals surface area contributed by atoms with Gasteiger partial charge < -0.3 is 11.1 Å². The van der Waals surface area contributed by atoms with Gasteiger partial charge in [-0.05, 0) is 48.5 Å². The fraction of sp³-hybridized carbons (Fsp3) is 0. The highest BCUT2D eigenvalue weighted by atomic mass is 14.9. The number of hydrogen-bond acceptors (Lipinski definition) is 4. The maximum atomic E-state index is 8.80. The van der Waals surface area contributed by atoms with Crippen molar-refractivity contribution in [2.45, 2.75) is 0 Å². The Labute approximate surface area is 116 Å². The molecule has 3 rings (SSSR count). The summed E-state index contributed by atoms with van der Waals surface area (Å²) in [5, 5.41) is 13.1. The number of fused-ring (bicyclic) bond motifs is 1. The summed E-state index contributed by atoms with van der Waals surface area (Å²) in [7, 11) is 0. The van der Waals surface area contributed by atoms with Crippen LogP contribution in [0.25, 0.3) is 10.9 Å². The van der Waals surface area contributed by atoms with E-state index >= 15 is 0 Å². The molecule has 4 nitrogen and oxygen atoms in total. The average Bonchev–Trinajstić information content (AvgIpc) is 2.48. The highest BCUT2D eigenvalue weighted by Crippen LogP contribution is 2.26. The minimum absolute atomic E-state index is 0.642. The van der Waals surface area contributed by atoms with Gasteiger partial charge >= 0.3 is 0 Å². The Morgan fingerprint density at radius 2 is 1.85 bits per heavy atom. The molecule has 1 heterocycles. The number of benzene rings is 2. The summed E-state index contributed by atoms with van der Waals surface area (Å²) >= 11 is 0. The van der Waals surface area contributed by atoms with Gasteiger partial charge in [-0.1, -0.05) is 0 Å². The van der Waals surface area contributed by atoms with Gasteiger partial charge in [0.05, 0.1) is 17.1 Å². The molecule has 0 aliphatic carbocycles. The van der Waals surface area contributed by atoms with Crippen LogP contribution < -0.4 is 11.1 Å². The zero-order valence-corrected chi connectivity index (χ0v) is 10.7. The van der Waals surface area contributed by atoms with Gasteiger partial charge in [-0.15, -0.1) is 0 Å². The molecule has 3 N–H and O–H groups in total. The maximum absolute atomic E-state index is 8.80. The van der Waals surface area contributed by atoms with E-state index in [9.17, 15) is 0 Å². The van der Waals surface area contributed by atoms with Crippen molar-refractivity contribution in [3.63, 3.8) is 0 Å². The summed E-state index contributed by atoms with van der Waals surface area (Å²) in [6.45, 7) is 0. The summed E-state index contributed by atoms with van der Waals surface area (Å²) in [5.74, 6) is 0. The van der Waals surface area contributed by atoms with Crippen LogP contribution in [0.3, 0.4) is 0 Å². The third-order valence-corrected chi connectivity index (χ3v) is 3.06. The fourth-order valence-corrected chi connectivity index (χ4v) is 2.06. The third kappa shape index (κ3) is 2.25. The highest BCUT2D eigenvalue weighted by Gasteiger charge is 2.03. The van der Waals surface area contributed by atoms with Gasteiger partial charge in [0.25, 0.3) is 0 Å². The van der Waals surface area contributed by atoms with Crippen LogP contribution in [-0.2, 0) is 0 Å². The smallest absolute Gasteiger partial charge is 0.0991 e. The Hall–Kier alpha value is -3.06. The van der Waals surface area contributed by atoms with Crippen LogP contribution in [0.1, 0.15) is 5.56 Å². The molecule has 0 spiro atoms. The molecular weight excluding hydrogens is 248 g/mol. The second-order valence-electron chi connectivity index (χ2n) is 4.45. The number of hydrogen-bond donors (Lipinski definition) is 2. The zero-order valence-electron chi connectivity index (χ0n) is 10.7. The van der Waals surface area contributed by atoms with Crippen LogP contribution in [0, 0.1) is 11.3 Å². The molecule has 0 saturated heterocycles. The van der Waals surface area contributed by atoms with Gasteiger partial charge in [-0.2, -0.15) is 5.26 Å². The van der Waals surface area contributed by atoms with Crippen molar-refractivity contribution >= 4 is 28.0 Å². The van der Waals surface area contributed by atoms with E-state index in [4.69, 9.17) is 11.0 Å². The summed E-state index contributed by atoms with van der Waals surface area (Å²) in [6, 6.07) is 17.0. The van der Waals surface area contributed by atoms with Gasteiger partial charge in [-0.3, -0.25) is 4.98 Å². The molecule has 0 atom stereocenters. The van der Waals surface area contributed by atoms with Gasteiger partial charge in [0.2, 0.25) is 0 Å². The van der Waals surface area contributed by atoms with E-state index in [0.29, 0.717) is 11.3 Å². The van der Waals surface area contributed by atoms with Crippen LogP contribution in [0.15, 0.2) is 54.7 Å². The Bertz CT molecular complexity index is 801. The predicted molar refractivity (Wildman–Crippen MR) is 80.6 cm³/mol. The normalized spacial score (nSPS) is 10.2. The van der Waals surface area contributed by atoms with Crippen molar-refractivity contribution in [2.75, 3.05) is 11.1 Å². The molecule has 4 heteroatoms. The minimum atomic E-state index is 0.642. The van der Waals surface area contributed by atoms with E-state index in [2.05, 4.69) is 16.4 Å². The van der Waals surface area contributed by atoms with E-state index in [1.807, 2.05) is 36.4 Å². The molecule has 0 unspecified atom stereocenters. The van der Waals surface area contributed by atoms with Crippen LogP contribution in [0.5, 0.6) is 0 Å². The van der Waals surface area contributed by atoms with Gasteiger partial charge in [-0.25, -0.2) is 0 Å². The predicted octanol–water partition coefficient (Wildman–Crippen LogP) is 3.43. The van der Waals surface area contributed by atoms with Crippen molar-refractivity contribution in [2.24, 2.45) is 0 Å². The summed E-state index contributed by atoms with van der Waals surface area (Å²) in [4.78, 5) is 4.31. The SMILES string of the molecule is N#Cc1ccc(Nc2ccnc3cc(N)ccc23)cc1. The monoisotopic (exact) mass is 260 g/mol. The lowest BCUT2D eigenvalue weighted by atomic mass is 10.1. The molecule has 20 heavy (non-hydrogen) atoms. The second-order valence-corrected chi connectivity index (χ2v) is 4.45. The van der Waals surface area contributed by atoms with E-state index < -0.39 is 0 Å². The summed E-state index contributed by atoms with van der Waals surface area (Å²) < 4.78 is 0. The average molecular weight is 260 g/mol.